The van der Waals surface area contributed by atoms with Crippen LogP contribution in [0.3, 0.4) is 0 Å². The van der Waals surface area contributed by atoms with Gasteiger partial charge < -0.3 is 120 Å². The van der Waals surface area contributed by atoms with Crippen LogP contribution in [0.15, 0.2) is 0 Å². The Hall–Kier alpha value is -0.960. The van der Waals surface area contributed by atoms with Gasteiger partial charge in [0.1, 0.15) is 97.7 Å². The number of hydrogen-bond acceptors (Lipinski definition) is 24. The van der Waals surface area contributed by atoms with E-state index >= 15 is 0 Å². The second-order valence-corrected chi connectivity index (χ2v) is 14.5. The lowest BCUT2D eigenvalue weighted by Crippen LogP contribution is -2.72. The van der Waals surface area contributed by atoms with Gasteiger partial charge in [-0.25, -0.2) is 0 Å². The minimum Gasteiger partial charge on any atom is -0.396 e. The summed E-state index contributed by atoms with van der Waals surface area (Å²) in [4.78, 5) is 0. The van der Waals surface area contributed by atoms with E-state index in [2.05, 4.69) is 5.32 Å². The van der Waals surface area contributed by atoms with Gasteiger partial charge in [0.25, 0.3) is 0 Å². The lowest BCUT2D eigenvalue weighted by molar-refractivity contribution is -0.382. The Labute approximate surface area is 313 Å². The zero-order valence-corrected chi connectivity index (χ0v) is 29.5. The zero-order valence-electron chi connectivity index (χ0n) is 29.5. The maximum absolute atomic E-state index is 11.1. The molecule has 5 rings (SSSR count). The maximum Gasteiger partial charge on any atom is 0.187 e. The first kappa shape index (κ1) is 45.1. The third-order valence-corrected chi connectivity index (χ3v) is 11.0. The van der Waals surface area contributed by atoms with E-state index in [1.54, 1.807) is 0 Å². The van der Waals surface area contributed by atoms with E-state index in [4.69, 9.17) is 33.2 Å². The van der Waals surface area contributed by atoms with Gasteiger partial charge in [0.15, 0.2) is 18.9 Å². The fourth-order valence-electron chi connectivity index (χ4n) is 7.66. The fourth-order valence-corrected chi connectivity index (χ4v) is 7.66. The molecular formula is C31H55NO23. The van der Waals surface area contributed by atoms with E-state index in [9.17, 15) is 81.7 Å². The van der Waals surface area contributed by atoms with Crippen LogP contribution in [0.5, 0.6) is 0 Å². The molecule has 5 aliphatic rings. The number of hydrogen-bond donors (Lipinski definition) is 17. The number of ether oxygens (including phenoxy) is 7. The van der Waals surface area contributed by atoms with Crippen molar-refractivity contribution in [3.05, 3.63) is 0 Å². The molecule has 24 heteroatoms. The van der Waals surface area contributed by atoms with Gasteiger partial charge in [0.2, 0.25) is 0 Å². The molecule has 0 aromatic heterocycles. The molecule has 0 spiro atoms. The van der Waals surface area contributed by atoms with E-state index in [0.29, 0.717) is 0 Å². The van der Waals surface area contributed by atoms with Crippen LogP contribution in [-0.4, -0.2) is 262 Å². The molecule has 0 aromatic carbocycles. The van der Waals surface area contributed by atoms with Crippen LogP contribution in [0, 0.1) is 5.92 Å². The van der Waals surface area contributed by atoms with Crippen molar-refractivity contribution in [1.82, 2.24) is 5.32 Å². The molecule has 4 aliphatic heterocycles. The third-order valence-electron chi connectivity index (χ3n) is 11.0. The Morgan fingerprint density at radius 3 is 1.36 bits per heavy atom. The van der Waals surface area contributed by atoms with Crippen LogP contribution >= 0.6 is 0 Å². The SMILES string of the molecule is C[C@@H]1O[C@H](O[C@H]2[C@H](O)[C@@H](O)[C@H](O[C@H]3[C@H](O)[C@@H](O)[C@H](O[C@H]4[C@H](O)[C@@H](O)CO[C@@H]4CO)O[C@@H]3CO)O[C@@H]2CO)[C@@H](O)[C@H](O)[C@H]1N[C@H]1[C@H](O)[C@@H](CO)[C@H](O)[C@@H](O)[C@@H]1O. The van der Waals surface area contributed by atoms with Gasteiger partial charge in [-0.1, -0.05) is 0 Å². The normalized spacial score (nSPS) is 53.9. The average Bonchev–Trinajstić information content (AvgIpc) is 3.16. The quantitative estimate of drug-likeness (QED) is 0.0870. The molecular weight excluding hydrogens is 754 g/mol. The first-order chi connectivity index (χ1) is 26.0. The van der Waals surface area contributed by atoms with Crippen molar-refractivity contribution < 1.29 is 115 Å². The molecule has 4 saturated heterocycles. The molecule has 322 valence electrons. The number of aliphatic hydroxyl groups excluding tert-OH is 16. The maximum atomic E-state index is 11.1. The summed E-state index contributed by atoms with van der Waals surface area (Å²) in [7, 11) is 0. The summed E-state index contributed by atoms with van der Waals surface area (Å²) < 4.78 is 39.1. The highest BCUT2D eigenvalue weighted by Gasteiger charge is 2.56. The van der Waals surface area contributed by atoms with E-state index in [1.165, 1.54) is 6.92 Å². The third kappa shape index (κ3) is 8.98. The van der Waals surface area contributed by atoms with Crippen molar-refractivity contribution in [2.24, 2.45) is 5.92 Å². The van der Waals surface area contributed by atoms with Crippen molar-refractivity contribution in [3.8, 4) is 0 Å². The molecule has 5 fully saturated rings. The Morgan fingerprint density at radius 1 is 0.455 bits per heavy atom. The second-order valence-electron chi connectivity index (χ2n) is 14.5. The monoisotopic (exact) mass is 809 g/mol. The first-order valence-electron chi connectivity index (χ1n) is 17.9. The molecule has 0 radical (unpaired) electrons. The van der Waals surface area contributed by atoms with Gasteiger partial charge in [-0.2, -0.15) is 0 Å². The first-order valence-corrected chi connectivity index (χ1v) is 17.9. The molecule has 0 aromatic rings. The Morgan fingerprint density at radius 2 is 0.891 bits per heavy atom. The van der Waals surface area contributed by atoms with Crippen molar-refractivity contribution in [1.29, 1.82) is 0 Å². The van der Waals surface area contributed by atoms with E-state index in [1.807, 2.05) is 0 Å². The minimum atomic E-state index is -2.04. The highest BCUT2D eigenvalue weighted by Crippen LogP contribution is 2.35. The van der Waals surface area contributed by atoms with Gasteiger partial charge in [-0.3, -0.25) is 0 Å². The van der Waals surface area contributed by atoms with Crippen LogP contribution in [0.4, 0.5) is 0 Å². The van der Waals surface area contributed by atoms with Crippen molar-refractivity contribution in [3.63, 3.8) is 0 Å². The summed E-state index contributed by atoms with van der Waals surface area (Å²) in [6.07, 6.45) is -37.1. The highest BCUT2D eigenvalue weighted by atomic mass is 16.8. The number of aliphatic hydroxyl groups is 16. The van der Waals surface area contributed by atoms with Gasteiger partial charge in [-0.15, -0.1) is 0 Å². The molecule has 1 saturated carbocycles. The van der Waals surface area contributed by atoms with Gasteiger partial charge in [-0.05, 0) is 6.92 Å². The van der Waals surface area contributed by atoms with Gasteiger partial charge in [0.05, 0.1) is 63.4 Å². The van der Waals surface area contributed by atoms with Crippen molar-refractivity contribution in [2.45, 2.75) is 154 Å². The topological polar surface area (TPSA) is 400 Å². The summed E-state index contributed by atoms with van der Waals surface area (Å²) >= 11 is 0. The Kier molecular flexibility index (Phi) is 15.6. The molecule has 24 nitrogen and oxygen atoms in total. The Balaban J connectivity index is 1.22. The van der Waals surface area contributed by atoms with Crippen LogP contribution in [0.2, 0.25) is 0 Å². The Bertz CT molecular complexity index is 1190. The van der Waals surface area contributed by atoms with Crippen LogP contribution < -0.4 is 5.32 Å². The molecule has 0 unspecified atom stereocenters. The largest absolute Gasteiger partial charge is 0.396 e. The van der Waals surface area contributed by atoms with Crippen LogP contribution in [0.25, 0.3) is 0 Å². The summed E-state index contributed by atoms with van der Waals surface area (Å²) in [5, 5.41) is 170. The van der Waals surface area contributed by atoms with E-state index < -0.39 is 179 Å². The van der Waals surface area contributed by atoms with Crippen molar-refractivity contribution in [2.75, 3.05) is 33.0 Å². The molecule has 17 N–H and O–H groups in total. The molecule has 0 amide bonds. The predicted octanol–water partition coefficient (Wildman–Crippen LogP) is -11.0. The van der Waals surface area contributed by atoms with Crippen LogP contribution in [-0.2, 0) is 33.2 Å². The summed E-state index contributed by atoms with van der Waals surface area (Å²) in [5.74, 6) is -1.27. The highest BCUT2D eigenvalue weighted by molar-refractivity contribution is 5.05. The van der Waals surface area contributed by atoms with Gasteiger partial charge in [0, 0.05) is 5.92 Å². The molecule has 1 aliphatic carbocycles. The second kappa shape index (κ2) is 19.0. The molecule has 4 heterocycles. The summed E-state index contributed by atoms with van der Waals surface area (Å²) in [5.41, 5.74) is 0. The van der Waals surface area contributed by atoms with E-state index in [0.717, 1.165) is 0 Å². The molecule has 55 heavy (non-hydrogen) atoms. The van der Waals surface area contributed by atoms with Crippen molar-refractivity contribution >= 4 is 0 Å². The molecule has 0 bridgehead atoms. The van der Waals surface area contributed by atoms with E-state index in [-0.39, 0.29) is 6.61 Å². The summed E-state index contributed by atoms with van der Waals surface area (Å²) in [6.45, 7) is -2.14. The number of rotatable bonds is 12. The minimum absolute atomic E-state index is 0.327. The smallest absolute Gasteiger partial charge is 0.187 e. The lowest BCUT2D eigenvalue weighted by atomic mass is 9.76. The summed E-state index contributed by atoms with van der Waals surface area (Å²) in [6, 6.07) is -2.68. The predicted molar refractivity (Wildman–Crippen MR) is 171 cm³/mol. The number of nitrogens with one attached hydrogen (secondary N) is 1. The fraction of sp³-hybridized carbons (Fsp3) is 1.00. The lowest BCUT2D eigenvalue weighted by Gasteiger charge is -2.50. The zero-order chi connectivity index (χ0) is 40.6. The van der Waals surface area contributed by atoms with Gasteiger partial charge >= 0.3 is 0 Å². The van der Waals surface area contributed by atoms with Crippen LogP contribution in [0.1, 0.15) is 6.92 Å². The molecule has 25 atom stereocenters. The average molecular weight is 810 g/mol. The standard InChI is InChI=1S/C31H55NO23/c1-7-13(32-14-15(38)8(2-33)16(39)20(43)19(14)42)18(41)23(46)29(50-7)54-27-11(4-35)52-31(25(48)21(27)44)55-28-12(5-36)51-30(24(47)22(28)45)53-26-10(3-34)49-6-9(37)17(26)40/h7-48H,2-6H2,1H3/t7-,8+,9-,10+,11+,12+,13-,14-,15+,16-,17+,18+,19+,20+,21+,22+,23-,24+,25+,26+,27+,28+,29+,30-,31-/m0/s1.